The van der Waals surface area contributed by atoms with Crippen molar-refractivity contribution >= 4 is 21.9 Å². The number of ether oxygens (including phenoxy) is 2. The largest absolute Gasteiger partial charge is 0.482 e. The molecule has 20 heavy (non-hydrogen) atoms. The molecular formula is C15H10BrNO3. The Balaban J connectivity index is 1.93. The zero-order chi connectivity index (χ0) is 14.4. The van der Waals surface area contributed by atoms with Gasteiger partial charge in [-0.3, -0.25) is 0 Å². The molecular weight excluding hydrogens is 322 g/mol. The Kier molecular flexibility index (Phi) is 4.75. The molecule has 0 bridgehead atoms. The van der Waals surface area contributed by atoms with Crippen molar-refractivity contribution in [3.8, 4) is 17.6 Å². The van der Waals surface area contributed by atoms with Crippen LogP contribution in [0, 0.1) is 11.3 Å². The van der Waals surface area contributed by atoms with E-state index in [0.717, 1.165) is 4.47 Å². The molecule has 4 nitrogen and oxygen atoms in total. The van der Waals surface area contributed by atoms with Crippen molar-refractivity contribution in [2.75, 3.05) is 6.61 Å². The van der Waals surface area contributed by atoms with E-state index in [1.807, 2.05) is 18.2 Å². The maximum atomic E-state index is 11.7. The number of carbonyl (C=O) groups excluding carboxylic acids is 1. The fourth-order valence-corrected chi connectivity index (χ4v) is 1.74. The van der Waals surface area contributed by atoms with Crippen LogP contribution in [0.3, 0.4) is 0 Å². The molecule has 0 fully saturated rings. The van der Waals surface area contributed by atoms with Crippen molar-refractivity contribution in [2.45, 2.75) is 0 Å². The highest BCUT2D eigenvalue weighted by Gasteiger charge is 2.09. The van der Waals surface area contributed by atoms with Gasteiger partial charge < -0.3 is 9.47 Å². The van der Waals surface area contributed by atoms with Gasteiger partial charge in [0, 0.05) is 4.47 Å². The van der Waals surface area contributed by atoms with E-state index in [0.29, 0.717) is 11.3 Å². The summed E-state index contributed by atoms with van der Waals surface area (Å²) in [6.07, 6.45) is 0. The number of carbonyl (C=O) groups is 1. The van der Waals surface area contributed by atoms with Crippen LogP contribution >= 0.6 is 15.9 Å². The Morgan fingerprint density at radius 3 is 2.55 bits per heavy atom. The molecule has 0 spiro atoms. The Bertz CT molecular complexity index is 647. The lowest BCUT2D eigenvalue weighted by molar-refractivity contribution is -0.136. The maximum absolute atomic E-state index is 11.7. The molecule has 0 saturated heterocycles. The lowest BCUT2D eigenvalue weighted by atomic mass is 10.2. The zero-order valence-electron chi connectivity index (χ0n) is 10.4. The highest BCUT2D eigenvalue weighted by atomic mass is 79.9. The second-order valence-corrected chi connectivity index (χ2v) is 4.74. The first-order chi connectivity index (χ1) is 9.69. The summed E-state index contributed by atoms with van der Waals surface area (Å²) in [6.45, 7) is -0.221. The normalized spacial score (nSPS) is 9.60. The van der Waals surface area contributed by atoms with Crippen LogP contribution in [0.2, 0.25) is 0 Å². The number of hydrogen-bond donors (Lipinski definition) is 0. The summed E-state index contributed by atoms with van der Waals surface area (Å²) < 4.78 is 11.3. The molecule has 5 heteroatoms. The van der Waals surface area contributed by atoms with Gasteiger partial charge in [-0.05, 0) is 36.4 Å². The lowest BCUT2D eigenvalue weighted by Gasteiger charge is -2.07. The van der Waals surface area contributed by atoms with E-state index in [4.69, 9.17) is 14.7 Å². The second kappa shape index (κ2) is 6.73. The number of nitrogens with zero attached hydrogens (tertiary/aromatic N) is 1. The summed E-state index contributed by atoms with van der Waals surface area (Å²) in [5.74, 6) is 0.244. The van der Waals surface area contributed by atoms with Crippen molar-refractivity contribution in [1.82, 2.24) is 0 Å². The summed E-state index contributed by atoms with van der Waals surface area (Å²) in [5, 5.41) is 8.89. The van der Waals surface area contributed by atoms with Crippen LogP contribution in [0.5, 0.6) is 11.5 Å². The Hall–Kier alpha value is -2.32. The Labute approximate surface area is 124 Å². The summed E-state index contributed by atoms with van der Waals surface area (Å²) in [7, 11) is 0. The Morgan fingerprint density at radius 1 is 1.15 bits per heavy atom. The van der Waals surface area contributed by atoms with E-state index in [9.17, 15) is 4.79 Å². The van der Waals surface area contributed by atoms with Gasteiger partial charge in [0.2, 0.25) is 0 Å². The van der Waals surface area contributed by atoms with Crippen molar-refractivity contribution in [3.63, 3.8) is 0 Å². The fraction of sp³-hybridized carbons (Fsp3) is 0.0667. The van der Waals surface area contributed by atoms with E-state index in [2.05, 4.69) is 15.9 Å². The SMILES string of the molecule is N#Cc1ccccc1OC(=O)COc1ccc(Br)cc1. The molecule has 0 unspecified atom stereocenters. The molecule has 2 aromatic rings. The predicted octanol–water partition coefficient (Wildman–Crippen LogP) is 3.31. The fourth-order valence-electron chi connectivity index (χ4n) is 1.47. The third kappa shape index (κ3) is 3.84. The summed E-state index contributed by atoms with van der Waals surface area (Å²) in [6, 6.07) is 15.6. The van der Waals surface area contributed by atoms with Gasteiger partial charge in [0.15, 0.2) is 6.61 Å². The monoisotopic (exact) mass is 331 g/mol. The minimum atomic E-state index is -0.560. The molecule has 0 N–H and O–H groups in total. The number of rotatable bonds is 4. The van der Waals surface area contributed by atoms with Crippen LogP contribution in [0.4, 0.5) is 0 Å². The van der Waals surface area contributed by atoms with Gasteiger partial charge in [0.1, 0.15) is 17.6 Å². The van der Waals surface area contributed by atoms with Gasteiger partial charge in [0.05, 0.1) is 5.56 Å². The molecule has 0 heterocycles. The molecule has 2 rings (SSSR count). The van der Waals surface area contributed by atoms with Crippen molar-refractivity contribution in [2.24, 2.45) is 0 Å². The smallest absolute Gasteiger partial charge is 0.349 e. The number of nitriles is 1. The minimum Gasteiger partial charge on any atom is -0.482 e. The van der Waals surface area contributed by atoms with Crippen LogP contribution in [-0.4, -0.2) is 12.6 Å². The van der Waals surface area contributed by atoms with Gasteiger partial charge in [-0.25, -0.2) is 4.79 Å². The first-order valence-corrected chi connectivity index (χ1v) is 6.56. The number of para-hydroxylation sites is 1. The molecule has 0 radical (unpaired) electrons. The van der Waals surface area contributed by atoms with Crippen LogP contribution in [0.1, 0.15) is 5.56 Å². The molecule has 2 aromatic carbocycles. The van der Waals surface area contributed by atoms with E-state index < -0.39 is 5.97 Å². The minimum absolute atomic E-state index is 0.221. The molecule has 0 aliphatic carbocycles. The Morgan fingerprint density at radius 2 is 1.85 bits per heavy atom. The van der Waals surface area contributed by atoms with E-state index >= 15 is 0 Å². The van der Waals surface area contributed by atoms with Crippen LogP contribution < -0.4 is 9.47 Å². The quantitative estimate of drug-likeness (QED) is 0.637. The predicted molar refractivity (Wildman–Crippen MR) is 76.4 cm³/mol. The van der Waals surface area contributed by atoms with Gasteiger partial charge >= 0.3 is 5.97 Å². The van der Waals surface area contributed by atoms with Crippen LogP contribution in [0.15, 0.2) is 53.0 Å². The molecule has 0 atom stereocenters. The molecule has 100 valence electrons. The third-order valence-electron chi connectivity index (χ3n) is 2.40. The van der Waals surface area contributed by atoms with Gasteiger partial charge in [-0.1, -0.05) is 28.1 Å². The number of hydrogen-bond acceptors (Lipinski definition) is 4. The topological polar surface area (TPSA) is 59.3 Å². The first kappa shape index (κ1) is 14.1. The molecule has 0 amide bonds. The molecule has 0 aliphatic rings. The van der Waals surface area contributed by atoms with Crippen molar-refractivity contribution in [1.29, 1.82) is 5.26 Å². The molecule has 0 aromatic heterocycles. The highest BCUT2D eigenvalue weighted by Crippen LogP contribution is 2.18. The third-order valence-corrected chi connectivity index (χ3v) is 2.93. The average Bonchev–Trinajstić information content (AvgIpc) is 2.47. The van der Waals surface area contributed by atoms with Gasteiger partial charge in [-0.2, -0.15) is 5.26 Å². The van der Waals surface area contributed by atoms with E-state index in [1.165, 1.54) is 0 Å². The maximum Gasteiger partial charge on any atom is 0.349 e. The molecule has 0 aliphatic heterocycles. The summed E-state index contributed by atoms with van der Waals surface area (Å²) in [5.41, 5.74) is 0.310. The second-order valence-electron chi connectivity index (χ2n) is 3.82. The van der Waals surface area contributed by atoms with Crippen LogP contribution in [0.25, 0.3) is 0 Å². The molecule has 0 saturated carbocycles. The zero-order valence-corrected chi connectivity index (χ0v) is 12.0. The standard InChI is InChI=1S/C15H10BrNO3/c16-12-5-7-13(8-6-12)19-10-15(18)20-14-4-2-1-3-11(14)9-17/h1-8H,10H2. The average molecular weight is 332 g/mol. The van der Waals surface area contributed by atoms with Crippen LogP contribution in [-0.2, 0) is 4.79 Å². The lowest BCUT2D eigenvalue weighted by Crippen LogP contribution is -2.18. The van der Waals surface area contributed by atoms with Crippen molar-refractivity contribution < 1.29 is 14.3 Å². The number of benzene rings is 2. The number of halogens is 1. The summed E-state index contributed by atoms with van der Waals surface area (Å²) >= 11 is 3.31. The van der Waals surface area contributed by atoms with Crippen molar-refractivity contribution in [3.05, 3.63) is 58.6 Å². The van der Waals surface area contributed by atoms with Gasteiger partial charge in [-0.15, -0.1) is 0 Å². The number of esters is 1. The highest BCUT2D eigenvalue weighted by molar-refractivity contribution is 9.10. The van der Waals surface area contributed by atoms with E-state index in [-0.39, 0.29) is 12.4 Å². The van der Waals surface area contributed by atoms with E-state index in [1.54, 1.807) is 36.4 Å². The first-order valence-electron chi connectivity index (χ1n) is 5.77. The summed E-state index contributed by atoms with van der Waals surface area (Å²) in [4.78, 5) is 11.7. The van der Waals surface area contributed by atoms with Gasteiger partial charge in [0.25, 0.3) is 0 Å².